The molecule has 5 heteroatoms. The quantitative estimate of drug-likeness (QED) is 0.908. The van der Waals surface area contributed by atoms with Gasteiger partial charge >= 0.3 is 0 Å². The molecule has 2 aromatic carbocycles. The second-order valence-electron chi connectivity index (χ2n) is 5.61. The third kappa shape index (κ3) is 4.69. The van der Waals surface area contributed by atoms with E-state index in [0.717, 1.165) is 16.5 Å². The van der Waals surface area contributed by atoms with Gasteiger partial charge in [0.1, 0.15) is 0 Å². The van der Waals surface area contributed by atoms with Crippen LogP contribution in [-0.2, 0) is 9.84 Å². The van der Waals surface area contributed by atoms with Gasteiger partial charge in [0.05, 0.1) is 10.6 Å². The average Bonchev–Trinajstić information content (AvgIpc) is 2.53. The van der Waals surface area contributed by atoms with Crippen LogP contribution in [0.3, 0.4) is 0 Å². The number of benzene rings is 2. The second-order valence-corrected chi connectivity index (χ2v) is 7.69. The molecule has 2 rings (SSSR count). The number of nitrogens with zero attached hydrogens (tertiary/aromatic N) is 1. The molecule has 1 unspecified atom stereocenters. The SMILES string of the molecule is CC.CC(N)CCS(=O)(=O)c1cccc2c(N(C)C)cccc12. The first kappa shape index (κ1) is 19.5. The molecule has 0 radical (unpaired) electrons. The van der Waals surface area contributed by atoms with E-state index in [4.69, 9.17) is 5.73 Å². The Balaban J connectivity index is 0.00000127. The number of rotatable bonds is 5. The fraction of sp³-hybridized carbons (Fsp3) is 0.444. The maximum atomic E-state index is 12.6. The monoisotopic (exact) mass is 336 g/mol. The summed E-state index contributed by atoms with van der Waals surface area (Å²) in [5, 5.41) is 1.72. The Morgan fingerprint density at radius 3 is 2.17 bits per heavy atom. The Labute approximate surface area is 140 Å². The van der Waals surface area contributed by atoms with E-state index < -0.39 is 9.84 Å². The first-order chi connectivity index (χ1) is 10.8. The van der Waals surface area contributed by atoms with Gasteiger partial charge in [-0.1, -0.05) is 38.1 Å². The van der Waals surface area contributed by atoms with E-state index in [1.165, 1.54) is 0 Å². The zero-order valence-corrected chi connectivity index (χ0v) is 15.5. The van der Waals surface area contributed by atoms with Crippen molar-refractivity contribution in [3.8, 4) is 0 Å². The molecule has 2 aromatic rings. The van der Waals surface area contributed by atoms with E-state index in [1.54, 1.807) is 12.1 Å². The van der Waals surface area contributed by atoms with Gasteiger partial charge in [-0.05, 0) is 25.5 Å². The standard InChI is InChI=1S/C16H22N2O2S.C2H6/c1-12(17)10-11-21(19,20)16-9-5-6-13-14(16)7-4-8-15(13)18(2)3;1-2/h4-9,12H,10-11,17H2,1-3H3;1-2H3. The number of fused-ring (bicyclic) bond motifs is 1. The lowest BCUT2D eigenvalue weighted by molar-refractivity contribution is 0.588. The van der Waals surface area contributed by atoms with Crippen LogP contribution in [0.4, 0.5) is 5.69 Å². The lowest BCUT2D eigenvalue weighted by atomic mass is 10.1. The predicted octanol–water partition coefficient (Wildman–Crippen LogP) is 3.44. The van der Waals surface area contributed by atoms with Crippen LogP contribution >= 0.6 is 0 Å². The summed E-state index contributed by atoms with van der Waals surface area (Å²) in [6.45, 7) is 5.82. The number of hydrogen-bond acceptors (Lipinski definition) is 4. The van der Waals surface area contributed by atoms with Gasteiger partial charge in [-0.3, -0.25) is 0 Å². The summed E-state index contributed by atoms with van der Waals surface area (Å²) in [6, 6.07) is 11.1. The summed E-state index contributed by atoms with van der Waals surface area (Å²) >= 11 is 0. The Bertz CT molecular complexity index is 738. The van der Waals surface area contributed by atoms with Crippen LogP contribution in [0.15, 0.2) is 41.3 Å². The summed E-state index contributed by atoms with van der Waals surface area (Å²) in [4.78, 5) is 2.38. The lowest BCUT2D eigenvalue weighted by Gasteiger charge is -2.17. The molecule has 23 heavy (non-hydrogen) atoms. The van der Waals surface area contributed by atoms with Crippen molar-refractivity contribution in [2.45, 2.75) is 38.1 Å². The van der Waals surface area contributed by atoms with Crippen molar-refractivity contribution in [2.24, 2.45) is 5.73 Å². The zero-order valence-electron chi connectivity index (χ0n) is 14.7. The number of anilines is 1. The molecule has 0 saturated heterocycles. The Kier molecular flexibility index (Phi) is 7.03. The highest BCUT2D eigenvalue weighted by Crippen LogP contribution is 2.30. The van der Waals surface area contributed by atoms with Crippen LogP contribution in [0.1, 0.15) is 27.2 Å². The summed E-state index contributed by atoms with van der Waals surface area (Å²) in [6.07, 6.45) is 0.464. The lowest BCUT2D eigenvalue weighted by Crippen LogP contribution is -2.20. The van der Waals surface area contributed by atoms with Crippen molar-refractivity contribution in [1.29, 1.82) is 0 Å². The minimum Gasteiger partial charge on any atom is -0.377 e. The highest BCUT2D eigenvalue weighted by Gasteiger charge is 2.19. The zero-order chi connectivity index (χ0) is 17.6. The average molecular weight is 337 g/mol. The predicted molar refractivity (Wildman–Crippen MR) is 99.9 cm³/mol. The molecule has 0 saturated carbocycles. The van der Waals surface area contributed by atoms with Gasteiger partial charge in [0, 0.05) is 36.6 Å². The van der Waals surface area contributed by atoms with Crippen molar-refractivity contribution in [3.05, 3.63) is 36.4 Å². The van der Waals surface area contributed by atoms with Crippen molar-refractivity contribution in [1.82, 2.24) is 0 Å². The topological polar surface area (TPSA) is 63.4 Å². The van der Waals surface area contributed by atoms with Gasteiger partial charge in [0.15, 0.2) is 9.84 Å². The molecule has 0 aliphatic heterocycles. The third-order valence-corrected chi connectivity index (χ3v) is 5.32. The Hall–Kier alpha value is -1.59. The first-order valence-corrected chi connectivity index (χ1v) is 9.65. The van der Waals surface area contributed by atoms with Gasteiger partial charge in [-0.2, -0.15) is 0 Å². The molecule has 0 aliphatic rings. The number of sulfone groups is 1. The number of hydrogen-bond donors (Lipinski definition) is 1. The van der Waals surface area contributed by atoms with Crippen LogP contribution in [-0.4, -0.2) is 34.3 Å². The van der Waals surface area contributed by atoms with Crippen molar-refractivity contribution < 1.29 is 8.42 Å². The molecule has 2 N–H and O–H groups in total. The van der Waals surface area contributed by atoms with Gasteiger partial charge in [0.25, 0.3) is 0 Å². The molecule has 0 fully saturated rings. The molecule has 0 amide bonds. The normalized spacial score (nSPS) is 12.4. The van der Waals surface area contributed by atoms with Crippen molar-refractivity contribution in [2.75, 3.05) is 24.7 Å². The molecule has 1 atom stereocenters. The van der Waals surface area contributed by atoms with Gasteiger partial charge in [0.2, 0.25) is 0 Å². The largest absolute Gasteiger partial charge is 0.377 e. The van der Waals surface area contributed by atoms with E-state index in [1.807, 2.05) is 64.0 Å². The maximum absolute atomic E-state index is 12.6. The smallest absolute Gasteiger partial charge is 0.179 e. The van der Waals surface area contributed by atoms with Crippen LogP contribution in [0.25, 0.3) is 10.8 Å². The van der Waals surface area contributed by atoms with E-state index >= 15 is 0 Å². The molecular weight excluding hydrogens is 308 g/mol. The highest BCUT2D eigenvalue weighted by atomic mass is 32.2. The maximum Gasteiger partial charge on any atom is 0.179 e. The molecule has 0 heterocycles. The molecule has 0 spiro atoms. The summed E-state index contributed by atoms with van der Waals surface area (Å²) < 4.78 is 25.1. The van der Waals surface area contributed by atoms with Crippen molar-refractivity contribution >= 4 is 26.3 Å². The highest BCUT2D eigenvalue weighted by molar-refractivity contribution is 7.91. The Morgan fingerprint density at radius 2 is 1.61 bits per heavy atom. The van der Waals surface area contributed by atoms with Crippen LogP contribution < -0.4 is 10.6 Å². The second kappa shape index (κ2) is 8.31. The molecule has 4 nitrogen and oxygen atoms in total. The molecule has 0 bridgehead atoms. The fourth-order valence-corrected chi connectivity index (χ4v) is 4.08. The fourth-order valence-electron chi connectivity index (χ4n) is 2.38. The number of nitrogens with two attached hydrogens (primary N) is 1. The van der Waals surface area contributed by atoms with Crippen LogP contribution in [0.5, 0.6) is 0 Å². The van der Waals surface area contributed by atoms with Crippen LogP contribution in [0.2, 0.25) is 0 Å². The van der Waals surface area contributed by atoms with Gasteiger partial charge in [-0.15, -0.1) is 0 Å². The summed E-state index contributed by atoms with van der Waals surface area (Å²) in [7, 11) is 0.578. The molecule has 128 valence electrons. The van der Waals surface area contributed by atoms with E-state index in [-0.39, 0.29) is 11.8 Å². The van der Waals surface area contributed by atoms with Gasteiger partial charge < -0.3 is 10.6 Å². The Morgan fingerprint density at radius 1 is 1.04 bits per heavy atom. The molecule has 0 aromatic heterocycles. The van der Waals surface area contributed by atoms with Crippen molar-refractivity contribution in [3.63, 3.8) is 0 Å². The van der Waals surface area contributed by atoms with E-state index in [9.17, 15) is 8.42 Å². The summed E-state index contributed by atoms with van der Waals surface area (Å²) in [5.41, 5.74) is 6.69. The van der Waals surface area contributed by atoms with Gasteiger partial charge in [-0.25, -0.2) is 8.42 Å². The van der Waals surface area contributed by atoms with E-state index in [0.29, 0.717) is 11.3 Å². The minimum absolute atomic E-state index is 0.0793. The first-order valence-electron chi connectivity index (χ1n) is 8.00. The summed E-state index contributed by atoms with van der Waals surface area (Å²) in [5.74, 6) is 0.0793. The minimum atomic E-state index is -3.32. The van der Waals surface area contributed by atoms with Crippen LogP contribution in [0, 0.1) is 0 Å². The van der Waals surface area contributed by atoms with E-state index in [2.05, 4.69) is 0 Å². The third-order valence-electron chi connectivity index (χ3n) is 3.52. The molecule has 0 aliphatic carbocycles. The molecular formula is C18H28N2O2S.